The Hall–Kier alpha value is -4.72. The SMILES string of the molecule is CCCCCCCOc1ccc(-c2cnc(-c3ccc(C[C@H](NC(=O)c4ccc(OC(C)C)cc4)C(=O)O)cc3)nc2)cc1. The molecule has 0 spiro atoms. The number of ether oxygens (including phenoxy) is 2. The van der Waals surface area contributed by atoms with E-state index in [0.29, 0.717) is 17.1 Å². The molecule has 0 fully saturated rings. The average molecular weight is 596 g/mol. The Morgan fingerprint density at radius 3 is 2.00 bits per heavy atom. The highest BCUT2D eigenvalue weighted by Crippen LogP contribution is 2.24. The highest BCUT2D eigenvalue weighted by Gasteiger charge is 2.21. The zero-order valence-corrected chi connectivity index (χ0v) is 25.7. The number of nitrogens with zero attached hydrogens (tertiary/aromatic N) is 2. The van der Waals surface area contributed by atoms with Gasteiger partial charge in [0.2, 0.25) is 0 Å². The van der Waals surface area contributed by atoms with Crippen LogP contribution in [0.3, 0.4) is 0 Å². The number of aromatic nitrogens is 2. The molecule has 0 aliphatic heterocycles. The van der Waals surface area contributed by atoms with E-state index in [1.807, 2.05) is 62.4 Å². The number of carbonyl (C=O) groups is 2. The average Bonchev–Trinajstić information content (AvgIpc) is 3.03. The van der Waals surface area contributed by atoms with E-state index >= 15 is 0 Å². The molecule has 1 heterocycles. The molecule has 2 N–H and O–H groups in total. The van der Waals surface area contributed by atoms with E-state index in [1.54, 1.807) is 36.7 Å². The predicted molar refractivity (Wildman–Crippen MR) is 172 cm³/mol. The van der Waals surface area contributed by atoms with Crippen LogP contribution in [0.1, 0.15) is 68.8 Å². The van der Waals surface area contributed by atoms with Gasteiger partial charge in [-0.05, 0) is 67.8 Å². The third-order valence-corrected chi connectivity index (χ3v) is 7.10. The third kappa shape index (κ3) is 9.66. The van der Waals surface area contributed by atoms with Gasteiger partial charge in [-0.3, -0.25) is 4.79 Å². The molecule has 3 aromatic carbocycles. The topological polar surface area (TPSA) is 111 Å². The summed E-state index contributed by atoms with van der Waals surface area (Å²) in [6.45, 7) is 6.78. The Kier molecular flexibility index (Phi) is 11.9. The van der Waals surface area contributed by atoms with Gasteiger partial charge in [-0.25, -0.2) is 14.8 Å². The van der Waals surface area contributed by atoms with Gasteiger partial charge in [-0.15, -0.1) is 0 Å². The molecule has 0 radical (unpaired) electrons. The number of unbranched alkanes of at least 4 members (excludes halogenated alkanes) is 4. The maximum atomic E-state index is 12.7. The van der Waals surface area contributed by atoms with Crippen LogP contribution in [0.4, 0.5) is 0 Å². The summed E-state index contributed by atoms with van der Waals surface area (Å²) in [4.78, 5) is 33.7. The summed E-state index contributed by atoms with van der Waals surface area (Å²) in [5.74, 6) is 0.503. The first-order valence-electron chi connectivity index (χ1n) is 15.3. The smallest absolute Gasteiger partial charge is 0.326 e. The Labute approximate surface area is 259 Å². The number of carbonyl (C=O) groups excluding carboxylic acids is 1. The van der Waals surface area contributed by atoms with Gasteiger partial charge in [0.25, 0.3) is 5.91 Å². The molecule has 230 valence electrons. The van der Waals surface area contributed by atoms with Crippen LogP contribution in [-0.4, -0.2) is 45.7 Å². The van der Waals surface area contributed by atoms with Gasteiger partial charge in [-0.2, -0.15) is 0 Å². The predicted octanol–water partition coefficient (Wildman–Crippen LogP) is 7.37. The minimum atomic E-state index is -1.11. The minimum Gasteiger partial charge on any atom is -0.494 e. The number of nitrogens with one attached hydrogen (secondary N) is 1. The van der Waals surface area contributed by atoms with Crippen molar-refractivity contribution in [3.05, 3.63) is 96.3 Å². The fourth-order valence-electron chi connectivity index (χ4n) is 4.69. The quantitative estimate of drug-likeness (QED) is 0.130. The van der Waals surface area contributed by atoms with Crippen LogP contribution in [0.5, 0.6) is 11.5 Å². The first kappa shape index (κ1) is 32.2. The summed E-state index contributed by atoms with van der Waals surface area (Å²) >= 11 is 0. The third-order valence-electron chi connectivity index (χ3n) is 7.10. The number of carboxylic acid groups (broad SMARTS) is 1. The second-order valence-corrected chi connectivity index (χ2v) is 11.0. The molecule has 0 saturated carbocycles. The molecule has 1 amide bonds. The zero-order valence-electron chi connectivity index (χ0n) is 25.7. The number of aliphatic carboxylic acids is 1. The van der Waals surface area contributed by atoms with Crippen molar-refractivity contribution in [2.75, 3.05) is 6.61 Å². The second kappa shape index (κ2) is 16.2. The Bertz CT molecular complexity index is 1470. The van der Waals surface area contributed by atoms with E-state index in [0.717, 1.165) is 41.0 Å². The zero-order chi connectivity index (χ0) is 31.3. The van der Waals surface area contributed by atoms with Crippen LogP contribution in [-0.2, 0) is 11.2 Å². The summed E-state index contributed by atoms with van der Waals surface area (Å²) in [7, 11) is 0. The highest BCUT2D eigenvalue weighted by atomic mass is 16.5. The van der Waals surface area contributed by atoms with Crippen molar-refractivity contribution >= 4 is 11.9 Å². The maximum absolute atomic E-state index is 12.7. The molecule has 8 heteroatoms. The van der Waals surface area contributed by atoms with Crippen molar-refractivity contribution in [3.8, 4) is 34.0 Å². The molecular weight excluding hydrogens is 554 g/mol. The van der Waals surface area contributed by atoms with Crippen molar-refractivity contribution < 1.29 is 24.2 Å². The Morgan fingerprint density at radius 1 is 0.773 bits per heavy atom. The molecule has 0 saturated heterocycles. The van der Waals surface area contributed by atoms with Crippen LogP contribution in [0.25, 0.3) is 22.5 Å². The number of hydrogen-bond donors (Lipinski definition) is 2. The lowest BCUT2D eigenvalue weighted by Crippen LogP contribution is -2.42. The largest absolute Gasteiger partial charge is 0.494 e. The number of carboxylic acids is 1. The van der Waals surface area contributed by atoms with Gasteiger partial charge in [0, 0.05) is 35.5 Å². The van der Waals surface area contributed by atoms with Crippen molar-refractivity contribution in [1.29, 1.82) is 0 Å². The number of hydrogen-bond acceptors (Lipinski definition) is 6. The highest BCUT2D eigenvalue weighted by molar-refractivity contribution is 5.96. The van der Waals surface area contributed by atoms with Crippen LogP contribution < -0.4 is 14.8 Å². The lowest BCUT2D eigenvalue weighted by atomic mass is 10.0. The van der Waals surface area contributed by atoms with Crippen molar-refractivity contribution in [1.82, 2.24) is 15.3 Å². The molecular formula is C36H41N3O5. The van der Waals surface area contributed by atoms with Gasteiger partial charge in [0.15, 0.2) is 5.82 Å². The molecule has 1 aromatic heterocycles. The molecule has 1 atom stereocenters. The summed E-state index contributed by atoms with van der Waals surface area (Å²) in [5, 5.41) is 12.4. The van der Waals surface area contributed by atoms with Crippen LogP contribution in [0.15, 0.2) is 85.2 Å². The molecule has 0 aliphatic carbocycles. The lowest BCUT2D eigenvalue weighted by Gasteiger charge is -2.15. The normalized spacial score (nSPS) is 11.6. The summed E-state index contributed by atoms with van der Waals surface area (Å²) in [6, 6.07) is 20.9. The van der Waals surface area contributed by atoms with E-state index < -0.39 is 17.9 Å². The molecule has 0 bridgehead atoms. The summed E-state index contributed by atoms with van der Waals surface area (Å²) in [6.07, 6.45) is 9.77. The molecule has 4 aromatic rings. The van der Waals surface area contributed by atoms with Gasteiger partial charge < -0.3 is 19.9 Å². The van der Waals surface area contributed by atoms with Crippen molar-refractivity contribution in [2.45, 2.75) is 71.4 Å². The maximum Gasteiger partial charge on any atom is 0.326 e. The number of benzene rings is 3. The summed E-state index contributed by atoms with van der Waals surface area (Å²) in [5.41, 5.74) is 3.84. The lowest BCUT2D eigenvalue weighted by molar-refractivity contribution is -0.139. The molecule has 8 nitrogen and oxygen atoms in total. The van der Waals surface area contributed by atoms with E-state index in [9.17, 15) is 14.7 Å². The van der Waals surface area contributed by atoms with E-state index in [2.05, 4.69) is 22.2 Å². The van der Waals surface area contributed by atoms with Gasteiger partial charge in [0.1, 0.15) is 17.5 Å². The fourth-order valence-corrected chi connectivity index (χ4v) is 4.69. The number of amides is 1. The van der Waals surface area contributed by atoms with Crippen molar-refractivity contribution in [2.24, 2.45) is 0 Å². The van der Waals surface area contributed by atoms with E-state index in [-0.39, 0.29) is 12.5 Å². The monoisotopic (exact) mass is 595 g/mol. The fraction of sp³-hybridized carbons (Fsp3) is 0.333. The molecule has 0 unspecified atom stereocenters. The van der Waals surface area contributed by atoms with Gasteiger partial charge in [0.05, 0.1) is 12.7 Å². The van der Waals surface area contributed by atoms with Crippen LogP contribution >= 0.6 is 0 Å². The number of rotatable bonds is 16. The second-order valence-electron chi connectivity index (χ2n) is 11.0. The first-order valence-corrected chi connectivity index (χ1v) is 15.3. The summed E-state index contributed by atoms with van der Waals surface area (Å²) < 4.78 is 11.5. The molecule has 44 heavy (non-hydrogen) atoms. The molecule has 4 rings (SSSR count). The van der Waals surface area contributed by atoms with E-state index in [4.69, 9.17) is 9.47 Å². The first-order chi connectivity index (χ1) is 21.3. The van der Waals surface area contributed by atoms with Crippen molar-refractivity contribution in [3.63, 3.8) is 0 Å². The molecule has 0 aliphatic rings. The van der Waals surface area contributed by atoms with E-state index in [1.165, 1.54) is 25.7 Å². The van der Waals surface area contributed by atoms with Gasteiger partial charge >= 0.3 is 5.97 Å². The van der Waals surface area contributed by atoms with Crippen LogP contribution in [0.2, 0.25) is 0 Å². The minimum absolute atomic E-state index is 0.0154. The van der Waals surface area contributed by atoms with Gasteiger partial charge in [-0.1, -0.05) is 69.0 Å². The van der Waals surface area contributed by atoms with Crippen LogP contribution in [0, 0.1) is 0 Å². The Balaban J connectivity index is 1.31. The Morgan fingerprint density at radius 2 is 1.39 bits per heavy atom. The standard InChI is InChI=1S/C36H41N3O5/c1-4-5-6-7-8-21-43-31-17-13-27(14-18-31)30-23-37-34(38-24-30)28-11-9-26(10-12-28)22-33(36(41)42)39-35(40)29-15-19-32(20-16-29)44-25(2)3/h9-20,23-25,33H,4-8,21-22H2,1-3H3,(H,39,40)(H,41,42)/t33-/m0/s1.